The van der Waals surface area contributed by atoms with Gasteiger partial charge >= 0.3 is 0 Å². The van der Waals surface area contributed by atoms with Crippen LogP contribution in [0.3, 0.4) is 0 Å². The van der Waals surface area contributed by atoms with Crippen molar-refractivity contribution >= 4 is 17.5 Å². The van der Waals surface area contributed by atoms with E-state index >= 15 is 0 Å². The standard InChI is InChI=1S/C13H15N3O2S/c1-9(17)10(2)19-13-15-14-8-16(13)11-6-4-5-7-12(11)18-3/h4-8,10H,1-3H3. The van der Waals surface area contributed by atoms with Gasteiger partial charge in [-0.05, 0) is 26.0 Å². The highest BCUT2D eigenvalue weighted by Gasteiger charge is 2.16. The summed E-state index contributed by atoms with van der Waals surface area (Å²) in [6, 6.07) is 7.61. The van der Waals surface area contributed by atoms with Crippen molar-refractivity contribution in [3.63, 3.8) is 0 Å². The average molecular weight is 277 g/mol. The second-order valence-corrected chi connectivity index (χ2v) is 5.33. The molecule has 0 saturated heterocycles. The van der Waals surface area contributed by atoms with Gasteiger partial charge in [0, 0.05) is 0 Å². The fourth-order valence-electron chi connectivity index (χ4n) is 1.54. The molecule has 1 heterocycles. The van der Waals surface area contributed by atoms with Gasteiger partial charge in [-0.2, -0.15) is 0 Å². The van der Waals surface area contributed by atoms with Crippen molar-refractivity contribution in [3.8, 4) is 11.4 Å². The second kappa shape index (κ2) is 5.88. The number of hydrogen-bond acceptors (Lipinski definition) is 5. The number of Topliss-reactive ketones (excluding diaryl/α,β-unsaturated/α-hetero) is 1. The highest BCUT2D eigenvalue weighted by molar-refractivity contribution is 8.00. The van der Waals surface area contributed by atoms with E-state index in [9.17, 15) is 4.79 Å². The summed E-state index contributed by atoms with van der Waals surface area (Å²) >= 11 is 1.38. The fourth-order valence-corrected chi connectivity index (χ4v) is 2.38. The summed E-state index contributed by atoms with van der Waals surface area (Å²) in [5, 5.41) is 8.49. The van der Waals surface area contributed by atoms with Crippen LogP contribution in [0.1, 0.15) is 13.8 Å². The first-order valence-electron chi connectivity index (χ1n) is 5.84. The first-order valence-corrected chi connectivity index (χ1v) is 6.72. The molecule has 0 spiro atoms. The molecule has 2 aromatic rings. The molecule has 1 aromatic carbocycles. The van der Waals surface area contributed by atoms with E-state index in [1.54, 1.807) is 20.4 Å². The van der Waals surface area contributed by atoms with Crippen molar-refractivity contribution in [3.05, 3.63) is 30.6 Å². The maximum absolute atomic E-state index is 11.3. The summed E-state index contributed by atoms with van der Waals surface area (Å²) in [6.07, 6.45) is 1.62. The molecule has 19 heavy (non-hydrogen) atoms. The van der Waals surface area contributed by atoms with Crippen molar-refractivity contribution in [1.82, 2.24) is 14.8 Å². The Hall–Kier alpha value is -1.82. The zero-order valence-corrected chi connectivity index (χ0v) is 11.8. The molecule has 5 nitrogen and oxygen atoms in total. The maximum atomic E-state index is 11.3. The van der Waals surface area contributed by atoms with Gasteiger partial charge in [0.1, 0.15) is 17.9 Å². The number of rotatable bonds is 5. The highest BCUT2D eigenvalue weighted by Crippen LogP contribution is 2.28. The van der Waals surface area contributed by atoms with Crippen LogP contribution in [0.15, 0.2) is 35.7 Å². The van der Waals surface area contributed by atoms with Crippen molar-refractivity contribution in [2.24, 2.45) is 0 Å². The lowest BCUT2D eigenvalue weighted by Crippen LogP contribution is -2.10. The predicted octanol–water partition coefficient (Wildman–Crippen LogP) is 2.35. The monoisotopic (exact) mass is 277 g/mol. The number of carbonyl (C=O) groups excluding carboxylic acids is 1. The van der Waals surface area contributed by atoms with E-state index in [2.05, 4.69) is 10.2 Å². The summed E-state index contributed by atoms with van der Waals surface area (Å²) in [7, 11) is 1.62. The van der Waals surface area contributed by atoms with Crippen LogP contribution < -0.4 is 4.74 Å². The number of benzene rings is 1. The molecule has 0 fully saturated rings. The molecule has 0 radical (unpaired) electrons. The molecule has 100 valence electrons. The number of aromatic nitrogens is 3. The summed E-state index contributed by atoms with van der Waals surface area (Å²) < 4.78 is 7.15. The molecule has 6 heteroatoms. The fraction of sp³-hybridized carbons (Fsp3) is 0.308. The topological polar surface area (TPSA) is 57.0 Å². The lowest BCUT2D eigenvalue weighted by atomic mass is 10.3. The van der Waals surface area contributed by atoms with Gasteiger partial charge in [-0.25, -0.2) is 0 Å². The van der Waals surface area contributed by atoms with Crippen LogP contribution in [0.4, 0.5) is 0 Å². The molecule has 1 unspecified atom stereocenters. The number of ether oxygens (including phenoxy) is 1. The van der Waals surface area contributed by atoms with Crippen LogP contribution in [-0.4, -0.2) is 32.9 Å². The smallest absolute Gasteiger partial charge is 0.196 e. The van der Waals surface area contributed by atoms with Gasteiger partial charge in [0.2, 0.25) is 0 Å². The average Bonchev–Trinajstić information content (AvgIpc) is 2.86. The van der Waals surface area contributed by atoms with Gasteiger partial charge < -0.3 is 4.74 Å². The number of thioether (sulfide) groups is 1. The third-order valence-corrected chi connectivity index (χ3v) is 3.89. The van der Waals surface area contributed by atoms with E-state index in [1.165, 1.54) is 11.8 Å². The third-order valence-electron chi connectivity index (χ3n) is 2.72. The Morgan fingerprint density at radius 2 is 2.16 bits per heavy atom. The third kappa shape index (κ3) is 2.96. The van der Waals surface area contributed by atoms with Crippen molar-refractivity contribution < 1.29 is 9.53 Å². The number of methoxy groups -OCH3 is 1. The summed E-state index contributed by atoms with van der Waals surface area (Å²) in [5.41, 5.74) is 0.855. The van der Waals surface area contributed by atoms with Crippen LogP contribution in [0, 0.1) is 0 Å². The molecule has 0 bridgehead atoms. The molecule has 0 aliphatic rings. The number of carbonyl (C=O) groups is 1. The van der Waals surface area contributed by atoms with E-state index in [-0.39, 0.29) is 11.0 Å². The van der Waals surface area contributed by atoms with Crippen molar-refractivity contribution in [1.29, 1.82) is 0 Å². The molecule has 1 aromatic heterocycles. The van der Waals surface area contributed by atoms with Gasteiger partial charge in [0.15, 0.2) is 5.16 Å². The van der Waals surface area contributed by atoms with E-state index in [0.29, 0.717) is 5.16 Å². The summed E-state index contributed by atoms with van der Waals surface area (Å²) in [6.45, 7) is 3.43. The Bertz CT molecular complexity index is 583. The molecule has 0 aliphatic heterocycles. The van der Waals surface area contributed by atoms with Gasteiger partial charge in [0.05, 0.1) is 18.0 Å². The minimum absolute atomic E-state index is 0.111. The molecular formula is C13H15N3O2S. The first kappa shape index (κ1) is 13.6. The first-order chi connectivity index (χ1) is 9.13. The molecule has 0 saturated carbocycles. The van der Waals surface area contributed by atoms with E-state index < -0.39 is 0 Å². The normalized spacial score (nSPS) is 12.2. The highest BCUT2D eigenvalue weighted by atomic mass is 32.2. The Morgan fingerprint density at radius 1 is 1.42 bits per heavy atom. The number of para-hydroxylation sites is 2. The zero-order valence-electron chi connectivity index (χ0n) is 11.0. The number of ketones is 1. The minimum atomic E-state index is -0.155. The van der Waals surface area contributed by atoms with Gasteiger partial charge in [0.25, 0.3) is 0 Å². The Balaban J connectivity index is 2.36. The lowest BCUT2D eigenvalue weighted by Gasteiger charge is -2.12. The molecule has 1 atom stereocenters. The van der Waals surface area contributed by atoms with Crippen LogP contribution in [0.25, 0.3) is 5.69 Å². The SMILES string of the molecule is COc1ccccc1-n1cnnc1SC(C)C(C)=O. The van der Waals surface area contributed by atoms with Gasteiger partial charge in [-0.15, -0.1) is 10.2 Å². The molecule has 0 amide bonds. The quantitative estimate of drug-likeness (QED) is 0.785. The van der Waals surface area contributed by atoms with Crippen LogP contribution in [-0.2, 0) is 4.79 Å². The van der Waals surface area contributed by atoms with Crippen LogP contribution >= 0.6 is 11.8 Å². The number of hydrogen-bond donors (Lipinski definition) is 0. The van der Waals surface area contributed by atoms with Crippen LogP contribution in [0.2, 0.25) is 0 Å². The Morgan fingerprint density at radius 3 is 2.84 bits per heavy atom. The van der Waals surface area contributed by atoms with Gasteiger partial charge in [-0.1, -0.05) is 23.9 Å². The predicted molar refractivity (Wildman–Crippen MR) is 73.9 cm³/mol. The largest absolute Gasteiger partial charge is 0.495 e. The minimum Gasteiger partial charge on any atom is -0.495 e. The molecule has 0 aliphatic carbocycles. The zero-order chi connectivity index (χ0) is 13.8. The van der Waals surface area contributed by atoms with E-state index in [0.717, 1.165) is 11.4 Å². The van der Waals surface area contributed by atoms with Crippen molar-refractivity contribution in [2.75, 3.05) is 7.11 Å². The Kier molecular flexibility index (Phi) is 4.21. The van der Waals surface area contributed by atoms with E-state index in [4.69, 9.17) is 4.74 Å². The second-order valence-electron chi connectivity index (χ2n) is 4.03. The molecular weight excluding hydrogens is 262 g/mol. The van der Waals surface area contributed by atoms with Gasteiger partial charge in [-0.3, -0.25) is 9.36 Å². The van der Waals surface area contributed by atoms with Crippen LogP contribution in [0.5, 0.6) is 5.75 Å². The number of nitrogens with zero attached hydrogens (tertiary/aromatic N) is 3. The summed E-state index contributed by atoms with van der Waals surface area (Å²) in [4.78, 5) is 11.3. The lowest BCUT2D eigenvalue weighted by molar-refractivity contribution is -0.116. The van der Waals surface area contributed by atoms with E-state index in [1.807, 2.05) is 35.8 Å². The maximum Gasteiger partial charge on any atom is 0.196 e. The molecule has 0 N–H and O–H groups in total. The Labute approximate surface area is 116 Å². The molecule has 2 rings (SSSR count). The summed E-state index contributed by atoms with van der Waals surface area (Å²) in [5.74, 6) is 0.846. The van der Waals surface area contributed by atoms with Crippen molar-refractivity contribution in [2.45, 2.75) is 24.3 Å².